The Morgan fingerprint density at radius 1 is 0.471 bits per heavy atom. The van der Waals surface area contributed by atoms with Crippen LogP contribution in [0.1, 0.15) is 258 Å². The monoisotopic (exact) mass is 1190 g/mol. The molecule has 8 atom stereocenters. The van der Waals surface area contributed by atoms with Gasteiger partial charge in [0.05, 0.1) is 25.4 Å². The van der Waals surface area contributed by atoms with Crippen molar-refractivity contribution >= 4 is 11.9 Å². The minimum absolute atomic E-state index is 0.103. The van der Waals surface area contributed by atoms with Crippen LogP contribution in [-0.4, -0.2) is 99.6 Å². The van der Waals surface area contributed by atoms with Crippen LogP contribution in [0.3, 0.4) is 0 Å². The molecule has 1 saturated heterocycles. The van der Waals surface area contributed by atoms with E-state index in [1.54, 1.807) is 6.08 Å². The van der Waals surface area contributed by atoms with Crippen LogP contribution in [0.15, 0.2) is 134 Å². The second kappa shape index (κ2) is 60.1. The van der Waals surface area contributed by atoms with Gasteiger partial charge in [-0.25, -0.2) is 0 Å². The molecule has 11 nitrogen and oxygen atoms in total. The van der Waals surface area contributed by atoms with E-state index in [0.717, 1.165) is 116 Å². The zero-order valence-corrected chi connectivity index (χ0v) is 53.7. The average Bonchev–Trinajstić information content (AvgIpc) is 3.60. The Labute approximate surface area is 518 Å². The van der Waals surface area contributed by atoms with Crippen molar-refractivity contribution in [2.45, 2.75) is 307 Å². The van der Waals surface area contributed by atoms with Gasteiger partial charge < -0.3 is 45.1 Å². The molecule has 0 aromatic rings. The van der Waals surface area contributed by atoms with Crippen LogP contribution in [0.4, 0.5) is 0 Å². The molecule has 0 radical (unpaired) electrons. The quantitative estimate of drug-likeness (QED) is 0.0195. The summed E-state index contributed by atoms with van der Waals surface area (Å²) >= 11 is 0. The molecule has 1 heterocycles. The fourth-order valence-electron chi connectivity index (χ4n) is 9.70. The summed E-state index contributed by atoms with van der Waals surface area (Å²) in [7, 11) is 0. The van der Waals surface area contributed by atoms with Crippen molar-refractivity contribution in [3.8, 4) is 0 Å². The van der Waals surface area contributed by atoms with Gasteiger partial charge >= 0.3 is 5.97 Å². The molecule has 0 aromatic carbocycles. The first-order valence-electron chi connectivity index (χ1n) is 34.0. The molecule has 1 amide bonds. The van der Waals surface area contributed by atoms with Crippen molar-refractivity contribution in [3.63, 3.8) is 0 Å². The molecule has 8 unspecified atom stereocenters. The number of aliphatic hydroxyl groups is 5. The maximum Gasteiger partial charge on any atom is 0.306 e. The molecular formula is C74H123NO10. The number of amides is 1. The Hall–Kier alpha value is -4.20. The highest BCUT2D eigenvalue weighted by atomic mass is 16.7. The highest BCUT2D eigenvalue weighted by molar-refractivity contribution is 5.80. The van der Waals surface area contributed by atoms with Gasteiger partial charge in [-0.3, -0.25) is 9.59 Å². The number of nitrogens with one attached hydrogen (secondary N) is 1. The summed E-state index contributed by atoms with van der Waals surface area (Å²) in [6.45, 7) is 5.61. The van der Waals surface area contributed by atoms with Crippen LogP contribution in [0, 0.1) is 0 Å². The van der Waals surface area contributed by atoms with E-state index < -0.39 is 67.4 Å². The minimum Gasteiger partial charge on any atom is -0.454 e. The number of rotatable bonds is 56. The van der Waals surface area contributed by atoms with E-state index in [2.05, 4.69) is 142 Å². The van der Waals surface area contributed by atoms with Gasteiger partial charge in [0.15, 0.2) is 12.4 Å². The highest BCUT2D eigenvalue weighted by Crippen LogP contribution is 2.26. The second-order valence-corrected chi connectivity index (χ2v) is 22.8. The number of unbranched alkanes of at least 4 members (excludes halogenated alkanes) is 22. The number of esters is 1. The number of carbonyl (C=O) groups is 2. The maximum absolute atomic E-state index is 13.4. The zero-order valence-electron chi connectivity index (χ0n) is 53.7. The van der Waals surface area contributed by atoms with Crippen molar-refractivity contribution in [2.75, 3.05) is 13.2 Å². The number of allylic oxidation sites excluding steroid dienone is 21. The molecule has 0 spiro atoms. The fraction of sp³-hybridized carbons (Fsp3) is 0.676. The lowest BCUT2D eigenvalue weighted by molar-refractivity contribution is -0.305. The summed E-state index contributed by atoms with van der Waals surface area (Å²) < 4.78 is 17.6. The van der Waals surface area contributed by atoms with Gasteiger partial charge in [0.25, 0.3) is 0 Å². The van der Waals surface area contributed by atoms with Crippen molar-refractivity contribution < 1.29 is 49.3 Å². The molecule has 1 rings (SSSR count). The number of carbonyl (C=O) groups excluding carboxylic acids is 2. The number of hydrogen-bond acceptors (Lipinski definition) is 10. The third-order valence-corrected chi connectivity index (χ3v) is 15.0. The SMILES string of the molecule is CC/C=C\C/C=C\C/C=C\C/C=C\C/C=C\C/C=C\CCCC(O)C(=O)NC(COC1OC(CO)C(O)C(O)C1OC(=O)CCCCCCCCCCC/C=C\C/C=C\C/C=C\C/C=C\CCCCC)C(O)/C=C/CCCCCCCCCCC. The lowest BCUT2D eigenvalue weighted by Crippen LogP contribution is -2.61. The Balaban J connectivity index is 2.63. The van der Waals surface area contributed by atoms with Gasteiger partial charge in [0, 0.05) is 6.42 Å². The zero-order chi connectivity index (χ0) is 61.7. The third kappa shape index (κ3) is 47.5. The van der Waals surface area contributed by atoms with E-state index in [4.69, 9.17) is 14.2 Å². The van der Waals surface area contributed by atoms with Gasteiger partial charge in [0.2, 0.25) is 5.91 Å². The Bertz CT molecular complexity index is 1890. The van der Waals surface area contributed by atoms with E-state index in [1.165, 1.54) is 89.9 Å². The van der Waals surface area contributed by atoms with Crippen LogP contribution in [-0.2, 0) is 23.8 Å². The molecule has 0 aliphatic carbocycles. The molecule has 484 valence electrons. The largest absolute Gasteiger partial charge is 0.454 e. The van der Waals surface area contributed by atoms with Crippen LogP contribution >= 0.6 is 0 Å². The van der Waals surface area contributed by atoms with Gasteiger partial charge in [-0.2, -0.15) is 0 Å². The first kappa shape index (κ1) is 78.8. The standard InChI is InChI=1S/C74H123NO10/c1-4-7-10-13-16-19-22-24-26-28-30-32-33-34-35-36-38-40-42-44-47-50-53-56-59-62-69(79)85-72-71(81)70(80)68(63-76)84-74(72)83-64-65(66(77)60-57-54-51-48-45-21-18-15-12-9-6-3)75-73(82)67(78)61-58-55-52-49-46-43-41-39-37-31-29-27-25-23-20-17-14-11-8-5-2/h8,11,16-17,19-20,24-27,30-32,34-35,37,41,43,49,52,57,60,65-68,70-72,74,76-78,80-81H,4-7,9-10,12-15,18,21-23,28-29,33,36,38-40,42,44-48,50-51,53-56,58-59,61-64H2,1-3H3,(H,75,82)/b11-8-,19-16-,20-17-,26-24-,27-25-,32-30-,35-34-,37-31-,43-41-,52-49-,60-57+. The summed E-state index contributed by atoms with van der Waals surface area (Å²) in [4.78, 5) is 26.6. The van der Waals surface area contributed by atoms with Crippen molar-refractivity contribution in [2.24, 2.45) is 0 Å². The Morgan fingerprint density at radius 3 is 1.29 bits per heavy atom. The van der Waals surface area contributed by atoms with E-state index in [0.29, 0.717) is 19.3 Å². The Morgan fingerprint density at radius 2 is 0.847 bits per heavy atom. The normalized spacial score (nSPS) is 19.3. The molecule has 6 N–H and O–H groups in total. The number of ether oxygens (including phenoxy) is 3. The predicted molar refractivity (Wildman–Crippen MR) is 356 cm³/mol. The summed E-state index contributed by atoms with van der Waals surface area (Å²) in [5.41, 5.74) is 0. The topological polar surface area (TPSA) is 175 Å². The molecule has 1 fully saturated rings. The number of hydrogen-bond donors (Lipinski definition) is 6. The van der Waals surface area contributed by atoms with Crippen LogP contribution in [0.25, 0.3) is 0 Å². The molecule has 0 aromatic heterocycles. The molecule has 0 saturated carbocycles. The molecule has 85 heavy (non-hydrogen) atoms. The summed E-state index contributed by atoms with van der Waals surface area (Å²) in [5.74, 6) is -1.26. The van der Waals surface area contributed by atoms with Crippen LogP contribution < -0.4 is 5.32 Å². The molecule has 1 aliphatic rings. The van der Waals surface area contributed by atoms with E-state index in [-0.39, 0.29) is 19.4 Å². The van der Waals surface area contributed by atoms with Crippen LogP contribution in [0.2, 0.25) is 0 Å². The maximum atomic E-state index is 13.4. The summed E-state index contributed by atoms with van der Waals surface area (Å²) in [6, 6.07) is -1.06. The second-order valence-electron chi connectivity index (χ2n) is 22.8. The average molecular weight is 1190 g/mol. The van der Waals surface area contributed by atoms with E-state index >= 15 is 0 Å². The lowest BCUT2D eigenvalue weighted by Gasteiger charge is -2.41. The summed E-state index contributed by atoms with van der Waals surface area (Å²) in [6.07, 6.45) is 74.9. The Kier molecular flexibility index (Phi) is 55.7. The smallest absolute Gasteiger partial charge is 0.306 e. The molecule has 11 heteroatoms. The molecule has 0 bridgehead atoms. The third-order valence-electron chi connectivity index (χ3n) is 15.0. The first-order valence-corrected chi connectivity index (χ1v) is 34.0. The first-order chi connectivity index (χ1) is 41.7. The van der Waals surface area contributed by atoms with E-state index in [9.17, 15) is 35.1 Å². The number of aliphatic hydroxyl groups excluding tert-OH is 5. The van der Waals surface area contributed by atoms with Gasteiger partial charge in [0.1, 0.15) is 24.4 Å². The highest BCUT2D eigenvalue weighted by Gasteiger charge is 2.47. The molecule has 1 aliphatic heterocycles. The fourth-order valence-corrected chi connectivity index (χ4v) is 9.70. The minimum atomic E-state index is -1.63. The van der Waals surface area contributed by atoms with Crippen LogP contribution in [0.5, 0.6) is 0 Å². The lowest BCUT2D eigenvalue weighted by atomic mass is 9.99. The van der Waals surface area contributed by atoms with Gasteiger partial charge in [-0.15, -0.1) is 0 Å². The summed E-state index contributed by atoms with van der Waals surface area (Å²) in [5, 5.41) is 57.1. The molecular weight excluding hydrogens is 1060 g/mol. The van der Waals surface area contributed by atoms with Crippen molar-refractivity contribution in [3.05, 3.63) is 134 Å². The van der Waals surface area contributed by atoms with Gasteiger partial charge in [-0.05, 0) is 122 Å². The van der Waals surface area contributed by atoms with Crippen molar-refractivity contribution in [1.82, 2.24) is 5.32 Å². The van der Waals surface area contributed by atoms with Gasteiger partial charge in [-0.1, -0.05) is 264 Å². The van der Waals surface area contributed by atoms with Crippen molar-refractivity contribution in [1.29, 1.82) is 0 Å². The predicted octanol–water partition coefficient (Wildman–Crippen LogP) is 17.2. The van der Waals surface area contributed by atoms with E-state index in [1.807, 2.05) is 12.2 Å².